The molecule has 0 aromatic rings. The van der Waals surface area contributed by atoms with E-state index in [4.69, 9.17) is 10.2 Å². The molecule has 3 N–H and O–H groups in total. The maximum Gasteiger partial charge on any atom is 0.334 e. The van der Waals surface area contributed by atoms with Gasteiger partial charge in [0.15, 0.2) is 6.10 Å². The topological polar surface area (TPSA) is 86.6 Å². The molecule has 1 rings (SSSR count). The number of nitrogens with one attached hydrogen (secondary N) is 1. The Morgan fingerprint density at radius 3 is 2.54 bits per heavy atom. The van der Waals surface area contributed by atoms with Gasteiger partial charge in [-0.1, -0.05) is 0 Å². The lowest BCUT2D eigenvalue weighted by Crippen LogP contribution is -2.36. The molecule has 0 aliphatic heterocycles. The molecule has 1 atom stereocenters. The maximum atomic E-state index is 11.0. The van der Waals surface area contributed by atoms with E-state index < -0.39 is 12.1 Å². The first kappa shape index (κ1) is 9.98. The summed E-state index contributed by atoms with van der Waals surface area (Å²) in [5, 5.41) is 19.5. The number of hydrogen-bond donors (Lipinski definition) is 3. The van der Waals surface area contributed by atoms with Gasteiger partial charge in [-0.2, -0.15) is 0 Å². The molecule has 0 aromatic carbocycles. The first-order chi connectivity index (χ1) is 6.09. The van der Waals surface area contributed by atoms with Crippen LogP contribution in [0, 0.1) is 5.92 Å². The molecule has 5 heteroatoms. The van der Waals surface area contributed by atoms with Gasteiger partial charge < -0.3 is 15.5 Å². The summed E-state index contributed by atoms with van der Waals surface area (Å²) < 4.78 is 0. The van der Waals surface area contributed by atoms with Crippen molar-refractivity contribution in [3.8, 4) is 0 Å². The predicted octanol–water partition coefficient (Wildman–Crippen LogP) is -0.652. The fourth-order valence-electron chi connectivity index (χ4n) is 0.954. The fourth-order valence-corrected chi connectivity index (χ4v) is 0.954. The summed E-state index contributed by atoms with van der Waals surface area (Å²) in [4.78, 5) is 21.2. The molecule has 1 aliphatic carbocycles. The Morgan fingerprint density at radius 2 is 2.08 bits per heavy atom. The van der Waals surface area contributed by atoms with Crippen LogP contribution in [0.15, 0.2) is 0 Å². The third-order valence-electron chi connectivity index (χ3n) is 1.95. The van der Waals surface area contributed by atoms with Gasteiger partial charge in [0.1, 0.15) is 0 Å². The van der Waals surface area contributed by atoms with Crippen LogP contribution in [0.2, 0.25) is 0 Å². The number of carboxylic acid groups (broad SMARTS) is 1. The molecule has 1 amide bonds. The van der Waals surface area contributed by atoms with Crippen LogP contribution in [-0.2, 0) is 9.59 Å². The highest BCUT2D eigenvalue weighted by Crippen LogP contribution is 2.31. The van der Waals surface area contributed by atoms with Gasteiger partial charge in [-0.25, -0.2) is 4.79 Å². The molecule has 0 heterocycles. The Kier molecular flexibility index (Phi) is 3.25. The second-order valence-corrected chi connectivity index (χ2v) is 3.31. The fraction of sp³-hybridized carbons (Fsp3) is 0.750. The van der Waals surface area contributed by atoms with Crippen LogP contribution in [0.4, 0.5) is 0 Å². The van der Waals surface area contributed by atoms with Crippen LogP contribution in [-0.4, -0.2) is 34.7 Å². The number of carbonyl (C=O) groups excluding carboxylic acids is 1. The standard InChI is InChI=1S/C8H13NO4/c10-6(8(12)13)4-9-7(11)3-5-1-2-5/h5-6,10H,1-4H2,(H,9,11)(H,12,13)/t6-/m0/s1. The Hall–Kier alpha value is -1.10. The third-order valence-corrected chi connectivity index (χ3v) is 1.95. The van der Waals surface area contributed by atoms with Crippen molar-refractivity contribution < 1.29 is 19.8 Å². The number of hydrogen-bond acceptors (Lipinski definition) is 3. The summed E-state index contributed by atoms with van der Waals surface area (Å²) in [5.74, 6) is -1.02. The van der Waals surface area contributed by atoms with Gasteiger partial charge in [0.2, 0.25) is 5.91 Å². The first-order valence-electron chi connectivity index (χ1n) is 4.27. The van der Waals surface area contributed by atoms with Crippen molar-refractivity contribution >= 4 is 11.9 Å². The number of aliphatic carboxylic acids is 1. The van der Waals surface area contributed by atoms with Gasteiger partial charge in [-0.15, -0.1) is 0 Å². The second kappa shape index (κ2) is 4.23. The van der Waals surface area contributed by atoms with Gasteiger partial charge in [0.05, 0.1) is 6.54 Å². The zero-order valence-corrected chi connectivity index (χ0v) is 7.19. The third kappa shape index (κ3) is 3.89. The average molecular weight is 187 g/mol. The second-order valence-electron chi connectivity index (χ2n) is 3.31. The molecule has 1 fully saturated rings. The van der Waals surface area contributed by atoms with Crippen LogP contribution in [0.1, 0.15) is 19.3 Å². The summed E-state index contributed by atoms with van der Waals surface area (Å²) in [6.07, 6.45) is 1.11. The number of carboxylic acids is 1. The minimum atomic E-state index is -1.50. The molecule has 0 spiro atoms. The van der Waals surface area contributed by atoms with Crippen LogP contribution < -0.4 is 5.32 Å². The highest BCUT2D eigenvalue weighted by molar-refractivity contribution is 5.78. The Bertz CT molecular complexity index is 212. The van der Waals surface area contributed by atoms with Crippen molar-refractivity contribution in [2.45, 2.75) is 25.4 Å². The smallest absolute Gasteiger partial charge is 0.334 e. The highest BCUT2D eigenvalue weighted by Gasteiger charge is 2.24. The van der Waals surface area contributed by atoms with E-state index in [1.807, 2.05) is 0 Å². The molecule has 5 nitrogen and oxygen atoms in total. The van der Waals surface area contributed by atoms with Crippen molar-refractivity contribution in [2.24, 2.45) is 5.92 Å². The number of rotatable bonds is 5. The first-order valence-corrected chi connectivity index (χ1v) is 4.27. The summed E-state index contributed by atoms with van der Waals surface area (Å²) in [5.41, 5.74) is 0. The normalized spacial score (nSPS) is 17.9. The van der Waals surface area contributed by atoms with Gasteiger partial charge in [-0.05, 0) is 18.8 Å². The molecule has 0 aromatic heterocycles. The van der Waals surface area contributed by atoms with Crippen molar-refractivity contribution in [1.82, 2.24) is 5.32 Å². The molecule has 13 heavy (non-hydrogen) atoms. The lowest BCUT2D eigenvalue weighted by molar-refractivity contribution is -0.146. The molecule has 0 unspecified atom stereocenters. The van der Waals surface area contributed by atoms with Gasteiger partial charge in [-0.3, -0.25) is 4.79 Å². The van der Waals surface area contributed by atoms with E-state index in [2.05, 4.69) is 5.32 Å². The molecule has 0 bridgehead atoms. The number of aliphatic hydroxyl groups excluding tert-OH is 1. The van der Waals surface area contributed by atoms with E-state index in [1.54, 1.807) is 0 Å². The average Bonchev–Trinajstić information content (AvgIpc) is 2.83. The SMILES string of the molecule is O=C(CC1CC1)NC[C@H](O)C(=O)O. The Morgan fingerprint density at radius 1 is 1.46 bits per heavy atom. The van der Waals surface area contributed by atoms with Crippen molar-refractivity contribution in [3.63, 3.8) is 0 Å². The minimum Gasteiger partial charge on any atom is -0.479 e. The highest BCUT2D eigenvalue weighted by atomic mass is 16.4. The summed E-state index contributed by atoms with van der Waals surface area (Å²) >= 11 is 0. The lowest BCUT2D eigenvalue weighted by atomic mass is 10.2. The number of carbonyl (C=O) groups is 2. The van der Waals surface area contributed by atoms with Crippen molar-refractivity contribution in [2.75, 3.05) is 6.54 Å². The van der Waals surface area contributed by atoms with E-state index in [0.29, 0.717) is 12.3 Å². The molecule has 0 radical (unpaired) electrons. The van der Waals surface area contributed by atoms with Crippen LogP contribution in [0.3, 0.4) is 0 Å². The van der Waals surface area contributed by atoms with Gasteiger partial charge >= 0.3 is 5.97 Å². The van der Waals surface area contributed by atoms with Crippen molar-refractivity contribution in [1.29, 1.82) is 0 Å². The summed E-state index contributed by atoms with van der Waals surface area (Å²) in [6.45, 7) is -0.207. The Balaban J connectivity index is 2.09. The van der Waals surface area contributed by atoms with Crippen LogP contribution in [0.25, 0.3) is 0 Å². The van der Waals surface area contributed by atoms with E-state index >= 15 is 0 Å². The van der Waals surface area contributed by atoms with Crippen LogP contribution in [0.5, 0.6) is 0 Å². The molecular weight excluding hydrogens is 174 g/mol. The lowest BCUT2D eigenvalue weighted by Gasteiger charge is -2.06. The number of aliphatic hydroxyl groups is 1. The van der Waals surface area contributed by atoms with E-state index in [-0.39, 0.29) is 12.5 Å². The molecule has 1 saturated carbocycles. The quantitative estimate of drug-likeness (QED) is 0.533. The summed E-state index contributed by atoms with van der Waals surface area (Å²) in [7, 11) is 0. The minimum absolute atomic E-state index is 0.178. The monoisotopic (exact) mass is 187 g/mol. The largest absolute Gasteiger partial charge is 0.479 e. The van der Waals surface area contributed by atoms with Gasteiger partial charge in [0, 0.05) is 6.42 Å². The number of amides is 1. The van der Waals surface area contributed by atoms with Crippen LogP contribution >= 0.6 is 0 Å². The molecule has 0 saturated heterocycles. The zero-order chi connectivity index (χ0) is 9.84. The van der Waals surface area contributed by atoms with Crippen molar-refractivity contribution in [3.05, 3.63) is 0 Å². The molecule has 1 aliphatic rings. The van der Waals surface area contributed by atoms with Gasteiger partial charge in [0.25, 0.3) is 0 Å². The molecule has 74 valence electrons. The zero-order valence-electron chi connectivity index (χ0n) is 7.19. The van der Waals surface area contributed by atoms with E-state index in [1.165, 1.54) is 0 Å². The van der Waals surface area contributed by atoms with E-state index in [0.717, 1.165) is 12.8 Å². The summed E-state index contributed by atoms with van der Waals surface area (Å²) in [6, 6.07) is 0. The maximum absolute atomic E-state index is 11.0. The Labute approximate surface area is 75.7 Å². The predicted molar refractivity (Wildman–Crippen MR) is 44.0 cm³/mol. The van der Waals surface area contributed by atoms with E-state index in [9.17, 15) is 9.59 Å². The molecular formula is C8H13NO4.